The maximum absolute atomic E-state index is 12.8. The molecule has 2 aromatic carbocycles. The molecule has 3 aliphatic heterocycles. The van der Waals surface area contributed by atoms with E-state index in [1.807, 2.05) is 13.8 Å². The van der Waals surface area contributed by atoms with Gasteiger partial charge in [0.1, 0.15) is 6.10 Å². The quantitative estimate of drug-likeness (QED) is 0.520. The maximum atomic E-state index is 12.8. The molecule has 0 radical (unpaired) electrons. The minimum Gasteiger partial charge on any atom is -0.446 e. The first-order valence-corrected chi connectivity index (χ1v) is 12.7. The molecule has 3 saturated heterocycles. The van der Waals surface area contributed by atoms with Crippen LogP contribution >= 0.6 is 0 Å². The summed E-state index contributed by atoms with van der Waals surface area (Å²) < 4.78 is 5.92. The number of aryl methyl sites for hydroxylation is 2. The van der Waals surface area contributed by atoms with E-state index in [1.165, 1.54) is 11.1 Å². The van der Waals surface area contributed by atoms with Crippen LogP contribution in [0.1, 0.15) is 49.9 Å². The zero-order valence-corrected chi connectivity index (χ0v) is 20.7. The number of amides is 1. The first kappa shape index (κ1) is 23.5. The number of hydrogen-bond donors (Lipinski definition) is 2. The molecule has 0 spiro atoms. The molecule has 3 aliphatic rings. The van der Waals surface area contributed by atoms with Crippen LogP contribution < -0.4 is 5.32 Å². The Hall–Kier alpha value is -3.19. The highest BCUT2D eigenvalue weighted by Crippen LogP contribution is 2.30. The fraction of sp³-hybridized carbons (Fsp3) is 0.464. The number of alkyl carbamates (subject to hydrolysis) is 1. The van der Waals surface area contributed by atoms with Crippen LogP contribution in [0.2, 0.25) is 0 Å². The van der Waals surface area contributed by atoms with E-state index in [-0.39, 0.29) is 12.2 Å². The van der Waals surface area contributed by atoms with E-state index < -0.39 is 5.54 Å². The zero-order valence-electron chi connectivity index (χ0n) is 20.7. The van der Waals surface area contributed by atoms with Gasteiger partial charge in [0, 0.05) is 6.54 Å². The number of nitrogens with zero attached hydrogens (tertiary/aromatic N) is 3. The van der Waals surface area contributed by atoms with Crippen molar-refractivity contribution in [3.8, 4) is 11.1 Å². The number of nitrogens with one attached hydrogen (secondary N) is 2. The summed E-state index contributed by atoms with van der Waals surface area (Å²) >= 11 is 0. The van der Waals surface area contributed by atoms with Gasteiger partial charge in [-0.25, -0.2) is 4.79 Å². The minimum atomic E-state index is -0.521. The lowest BCUT2D eigenvalue weighted by Crippen LogP contribution is -2.43. The Morgan fingerprint density at radius 3 is 2.31 bits per heavy atom. The molecule has 3 aromatic rings. The van der Waals surface area contributed by atoms with Crippen molar-refractivity contribution in [2.45, 2.75) is 57.6 Å². The Morgan fingerprint density at radius 1 is 1.00 bits per heavy atom. The Kier molecular flexibility index (Phi) is 6.86. The van der Waals surface area contributed by atoms with Gasteiger partial charge in [0.2, 0.25) is 0 Å². The molecule has 3 fully saturated rings. The summed E-state index contributed by atoms with van der Waals surface area (Å²) in [6, 6.07) is 17.1. The summed E-state index contributed by atoms with van der Waals surface area (Å²) in [6.07, 6.45) is 6.48. The summed E-state index contributed by atoms with van der Waals surface area (Å²) in [7, 11) is 0. The molecular formula is C28H35N5O2. The van der Waals surface area contributed by atoms with Crippen molar-refractivity contribution in [3.05, 3.63) is 71.5 Å². The average molecular weight is 474 g/mol. The van der Waals surface area contributed by atoms with E-state index in [0.29, 0.717) is 5.92 Å². The number of H-pyrrole nitrogens is 1. The highest BCUT2D eigenvalue weighted by atomic mass is 16.6. The van der Waals surface area contributed by atoms with E-state index in [9.17, 15) is 4.79 Å². The first-order chi connectivity index (χ1) is 17.0. The van der Waals surface area contributed by atoms with Crippen LogP contribution in [0.15, 0.2) is 54.7 Å². The van der Waals surface area contributed by atoms with E-state index in [4.69, 9.17) is 4.74 Å². The molecule has 2 N–H and O–H groups in total. The van der Waals surface area contributed by atoms with Gasteiger partial charge < -0.3 is 15.0 Å². The van der Waals surface area contributed by atoms with Crippen molar-refractivity contribution in [1.82, 2.24) is 25.6 Å². The predicted octanol–water partition coefficient (Wildman–Crippen LogP) is 4.70. The van der Waals surface area contributed by atoms with Crippen LogP contribution in [-0.4, -0.2) is 52.1 Å². The third kappa shape index (κ3) is 5.73. The van der Waals surface area contributed by atoms with E-state index >= 15 is 0 Å². The van der Waals surface area contributed by atoms with E-state index in [1.54, 1.807) is 6.20 Å². The van der Waals surface area contributed by atoms with Gasteiger partial charge in [-0.15, -0.1) is 0 Å². The second-order valence-corrected chi connectivity index (χ2v) is 10.4. The van der Waals surface area contributed by atoms with E-state index in [2.05, 4.69) is 74.2 Å². The molecule has 0 saturated carbocycles. The Labute approximate surface area is 207 Å². The molecule has 1 atom stereocenters. The number of carbonyl (C=O) groups excluding carboxylic acids is 1. The SMILES string of the molecule is CC(C)(NC(=O)OC1CCN2CCC1CC2)c1ccc(-c2ccc(CCc3cn[nH]n3)cc2)cc1. The number of benzene rings is 2. The number of fused-ring (bicyclic) bond motifs is 4. The number of ether oxygens (including phenoxy) is 1. The molecule has 1 aromatic heterocycles. The third-order valence-electron chi connectivity index (χ3n) is 7.59. The van der Waals surface area contributed by atoms with Crippen LogP contribution in [0.25, 0.3) is 11.1 Å². The number of aromatic amines is 1. The fourth-order valence-corrected chi connectivity index (χ4v) is 5.30. The van der Waals surface area contributed by atoms with Gasteiger partial charge in [-0.1, -0.05) is 48.5 Å². The molecule has 0 aliphatic carbocycles. The number of hydrogen-bond acceptors (Lipinski definition) is 5. The maximum Gasteiger partial charge on any atom is 0.408 e. The molecule has 35 heavy (non-hydrogen) atoms. The molecule has 184 valence electrons. The highest BCUT2D eigenvalue weighted by molar-refractivity contribution is 5.69. The largest absolute Gasteiger partial charge is 0.446 e. The molecule has 4 heterocycles. The van der Waals surface area contributed by atoms with E-state index in [0.717, 1.165) is 68.6 Å². The monoisotopic (exact) mass is 473 g/mol. The average Bonchev–Trinajstić information content (AvgIpc) is 3.25. The van der Waals surface area contributed by atoms with Crippen molar-refractivity contribution in [2.24, 2.45) is 5.92 Å². The summed E-state index contributed by atoms with van der Waals surface area (Å²) in [5, 5.41) is 13.7. The Balaban J connectivity index is 1.17. The summed E-state index contributed by atoms with van der Waals surface area (Å²) in [4.78, 5) is 15.3. The number of piperidine rings is 1. The van der Waals surface area contributed by atoms with Crippen molar-refractivity contribution < 1.29 is 9.53 Å². The number of carbonyl (C=O) groups is 1. The lowest BCUT2D eigenvalue weighted by Gasteiger charge is -2.31. The molecule has 7 heteroatoms. The van der Waals surface area contributed by atoms with Crippen LogP contribution in [-0.2, 0) is 23.1 Å². The van der Waals surface area contributed by atoms with Crippen molar-refractivity contribution >= 4 is 6.09 Å². The van der Waals surface area contributed by atoms with Crippen molar-refractivity contribution in [2.75, 3.05) is 19.6 Å². The van der Waals surface area contributed by atoms with Gasteiger partial charge in [-0.3, -0.25) is 0 Å². The Bertz CT molecular complexity index is 1100. The Morgan fingerprint density at radius 2 is 1.66 bits per heavy atom. The number of aromatic nitrogens is 3. The van der Waals surface area contributed by atoms with Gasteiger partial charge in [0.15, 0.2) is 0 Å². The first-order valence-electron chi connectivity index (χ1n) is 12.7. The molecule has 1 amide bonds. The second kappa shape index (κ2) is 10.2. The number of rotatable bonds is 7. The lowest BCUT2D eigenvalue weighted by molar-refractivity contribution is 0.0514. The third-order valence-corrected chi connectivity index (χ3v) is 7.59. The standard InChI is InChI=1S/C28H35N5O2/c1-28(2,30-27(34)35-26-15-18-33-16-13-23(26)14-17-33)24-10-8-22(9-11-24)21-6-3-20(4-7-21)5-12-25-19-29-32-31-25/h3-4,6-11,19,23,26H,5,12-18H2,1-2H3,(H,30,34)(H,29,31,32). The van der Waals surface area contributed by atoms with Crippen LogP contribution in [0, 0.1) is 5.92 Å². The van der Waals surface area contributed by atoms with Crippen molar-refractivity contribution in [1.29, 1.82) is 0 Å². The molecule has 6 rings (SSSR count). The van der Waals surface area contributed by atoms with Crippen LogP contribution in [0.5, 0.6) is 0 Å². The second-order valence-electron chi connectivity index (χ2n) is 10.4. The highest BCUT2D eigenvalue weighted by Gasteiger charge is 2.34. The van der Waals surface area contributed by atoms with Gasteiger partial charge in [0.05, 0.1) is 17.4 Å². The van der Waals surface area contributed by atoms with Crippen LogP contribution in [0.3, 0.4) is 0 Å². The minimum absolute atomic E-state index is 0.0274. The lowest BCUT2D eigenvalue weighted by atomic mass is 9.92. The molecule has 7 nitrogen and oxygen atoms in total. The normalized spacial score (nSPS) is 21.9. The zero-order chi connectivity index (χ0) is 24.3. The topological polar surface area (TPSA) is 83.1 Å². The van der Waals surface area contributed by atoms with Gasteiger partial charge in [-0.05, 0) is 87.2 Å². The fourth-order valence-electron chi connectivity index (χ4n) is 5.30. The summed E-state index contributed by atoms with van der Waals surface area (Å²) in [5.74, 6) is 0.496. The van der Waals surface area contributed by atoms with Crippen LogP contribution in [0.4, 0.5) is 4.79 Å². The van der Waals surface area contributed by atoms with Gasteiger partial charge >= 0.3 is 6.09 Å². The van der Waals surface area contributed by atoms with Gasteiger partial charge in [0.25, 0.3) is 0 Å². The van der Waals surface area contributed by atoms with Crippen molar-refractivity contribution in [3.63, 3.8) is 0 Å². The smallest absolute Gasteiger partial charge is 0.408 e. The van der Waals surface area contributed by atoms with Gasteiger partial charge in [-0.2, -0.15) is 15.4 Å². The summed E-state index contributed by atoms with van der Waals surface area (Å²) in [6.45, 7) is 7.35. The summed E-state index contributed by atoms with van der Waals surface area (Å²) in [5.41, 5.74) is 5.11. The predicted molar refractivity (Wildman–Crippen MR) is 136 cm³/mol. The molecule has 2 bridgehead atoms. The molecular weight excluding hydrogens is 438 g/mol. The molecule has 1 unspecified atom stereocenters.